The quantitative estimate of drug-likeness (QED) is 0.729. The highest BCUT2D eigenvalue weighted by Crippen LogP contribution is 2.21. The normalized spacial score (nSPS) is 15.4. The van der Waals surface area contributed by atoms with Crippen molar-refractivity contribution in [1.82, 2.24) is 10.2 Å². The summed E-state index contributed by atoms with van der Waals surface area (Å²) in [7, 11) is 0. The molecule has 1 N–H and O–H groups in total. The Balaban J connectivity index is 3.04. The number of allylic oxidation sites excluding steroid dienone is 1. The van der Waals surface area contributed by atoms with Gasteiger partial charge in [-0.05, 0) is 27.2 Å². The number of carbonyl (C=O) groups is 3. The fourth-order valence-electron chi connectivity index (χ4n) is 2.14. The molecule has 0 aliphatic heterocycles. The van der Waals surface area contributed by atoms with Gasteiger partial charge in [-0.2, -0.15) is 0 Å². The second kappa shape index (κ2) is 6.50. The number of ketones is 2. The summed E-state index contributed by atoms with van der Waals surface area (Å²) in [5, 5.41) is 2.92. The van der Waals surface area contributed by atoms with Crippen molar-refractivity contribution in [3.63, 3.8) is 0 Å². The molecular formula is C14H22N2O3. The van der Waals surface area contributed by atoms with E-state index in [9.17, 15) is 14.4 Å². The largest absolute Gasteiger partial charge is 0.381 e. The number of rotatable bonds is 6. The molecule has 5 heteroatoms. The van der Waals surface area contributed by atoms with Crippen molar-refractivity contribution in [2.75, 3.05) is 13.1 Å². The van der Waals surface area contributed by atoms with E-state index < -0.39 is 11.6 Å². The van der Waals surface area contributed by atoms with E-state index in [0.29, 0.717) is 18.7 Å². The zero-order valence-corrected chi connectivity index (χ0v) is 12.1. The standard InChI is InChI=1S/C14H22N2O3/c1-5-7-15-12-10(8-11(17)13(12)18)14(19)16(6-2)9(3)4/h9,15H,5-8H2,1-4H3. The number of amides is 1. The van der Waals surface area contributed by atoms with E-state index in [1.165, 1.54) is 0 Å². The van der Waals surface area contributed by atoms with E-state index >= 15 is 0 Å². The molecule has 0 bridgehead atoms. The average molecular weight is 266 g/mol. The van der Waals surface area contributed by atoms with Crippen LogP contribution in [-0.4, -0.2) is 41.5 Å². The minimum absolute atomic E-state index is 0.0447. The van der Waals surface area contributed by atoms with Gasteiger partial charge in [-0.25, -0.2) is 0 Å². The van der Waals surface area contributed by atoms with Crippen LogP contribution in [0.1, 0.15) is 40.5 Å². The molecule has 1 aliphatic carbocycles. The number of carbonyl (C=O) groups excluding carboxylic acids is 3. The second-order valence-electron chi connectivity index (χ2n) is 4.89. The smallest absolute Gasteiger partial charge is 0.252 e. The van der Waals surface area contributed by atoms with Crippen molar-refractivity contribution in [2.24, 2.45) is 0 Å². The van der Waals surface area contributed by atoms with Crippen molar-refractivity contribution in [3.8, 4) is 0 Å². The summed E-state index contributed by atoms with van der Waals surface area (Å²) in [5.74, 6) is -1.27. The Hall–Kier alpha value is -1.65. The number of likely N-dealkylation sites (N-methyl/N-ethyl adjacent to an activating group) is 1. The highest BCUT2D eigenvalue weighted by molar-refractivity contribution is 6.48. The zero-order chi connectivity index (χ0) is 14.6. The lowest BCUT2D eigenvalue weighted by molar-refractivity contribution is -0.133. The molecule has 0 heterocycles. The first-order valence-corrected chi connectivity index (χ1v) is 6.79. The highest BCUT2D eigenvalue weighted by Gasteiger charge is 2.36. The van der Waals surface area contributed by atoms with Crippen molar-refractivity contribution >= 4 is 17.5 Å². The molecule has 1 aliphatic rings. The first-order valence-electron chi connectivity index (χ1n) is 6.79. The molecule has 19 heavy (non-hydrogen) atoms. The molecule has 0 fully saturated rings. The summed E-state index contributed by atoms with van der Waals surface area (Å²) < 4.78 is 0. The fourth-order valence-corrected chi connectivity index (χ4v) is 2.14. The summed E-state index contributed by atoms with van der Waals surface area (Å²) in [6, 6.07) is 0.0447. The SMILES string of the molecule is CCCNC1=C(C(=O)N(CC)C(C)C)CC(=O)C1=O. The molecule has 0 saturated carbocycles. The third-order valence-electron chi connectivity index (χ3n) is 3.15. The Labute approximate surface area is 114 Å². The van der Waals surface area contributed by atoms with Crippen LogP contribution in [-0.2, 0) is 14.4 Å². The van der Waals surface area contributed by atoms with Crippen LogP contribution in [0, 0.1) is 0 Å². The van der Waals surface area contributed by atoms with Crippen LogP contribution in [0.2, 0.25) is 0 Å². The first-order chi connectivity index (χ1) is 8.93. The molecule has 0 saturated heterocycles. The van der Waals surface area contributed by atoms with Crippen molar-refractivity contribution < 1.29 is 14.4 Å². The van der Waals surface area contributed by atoms with E-state index in [1.54, 1.807) is 4.90 Å². The van der Waals surface area contributed by atoms with Gasteiger partial charge in [0.15, 0.2) is 0 Å². The molecule has 0 radical (unpaired) electrons. The number of hydrogen-bond acceptors (Lipinski definition) is 4. The molecule has 0 aromatic rings. The molecule has 0 atom stereocenters. The van der Waals surface area contributed by atoms with Gasteiger partial charge in [0.25, 0.3) is 5.91 Å². The molecule has 1 amide bonds. The van der Waals surface area contributed by atoms with Crippen LogP contribution in [0.3, 0.4) is 0 Å². The van der Waals surface area contributed by atoms with Crippen molar-refractivity contribution in [3.05, 3.63) is 11.3 Å². The van der Waals surface area contributed by atoms with Crippen LogP contribution in [0.5, 0.6) is 0 Å². The van der Waals surface area contributed by atoms with Gasteiger partial charge in [0.2, 0.25) is 11.6 Å². The summed E-state index contributed by atoms with van der Waals surface area (Å²) >= 11 is 0. The topological polar surface area (TPSA) is 66.5 Å². The lowest BCUT2D eigenvalue weighted by Crippen LogP contribution is -2.38. The first kappa shape index (κ1) is 15.4. The van der Waals surface area contributed by atoms with E-state index in [2.05, 4.69) is 5.32 Å². The van der Waals surface area contributed by atoms with Crippen molar-refractivity contribution in [1.29, 1.82) is 0 Å². The Morgan fingerprint density at radius 3 is 2.42 bits per heavy atom. The number of Topliss-reactive ketones (excluding diaryl/α,β-unsaturated/α-hetero) is 2. The van der Waals surface area contributed by atoms with Gasteiger partial charge >= 0.3 is 0 Å². The Morgan fingerprint density at radius 1 is 1.32 bits per heavy atom. The van der Waals surface area contributed by atoms with Crippen LogP contribution >= 0.6 is 0 Å². The van der Waals surface area contributed by atoms with Gasteiger partial charge in [0.1, 0.15) is 0 Å². The summed E-state index contributed by atoms with van der Waals surface area (Å²) in [5.41, 5.74) is 0.523. The van der Waals surface area contributed by atoms with Crippen LogP contribution < -0.4 is 5.32 Å². The lowest BCUT2D eigenvalue weighted by atomic mass is 10.1. The number of hydrogen-bond donors (Lipinski definition) is 1. The van der Waals surface area contributed by atoms with E-state index in [1.807, 2.05) is 27.7 Å². The average Bonchev–Trinajstić information content (AvgIpc) is 2.64. The van der Waals surface area contributed by atoms with Gasteiger partial charge in [0, 0.05) is 25.6 Å². The molecule has 5 nitrogen and oxygen atoms in total. The minimum Gasteiger partial charge on any atom is -0.381 e. The van der Waals surface area contributed by atoms with E-state index in [-0.39, 0.29) is 24.1 Å². The second-order valence-corrected chi connectivity index (χ2v) is 4.89. The predicted molar refractivity (Wildman–Crippen MR) is 72.5 cm³/mol. The molecule has 1 rings (SSSR count). The van der Waals surface area contributed by atoms with Crippen LogP contribution in [0.4, 0.5) is 0 Å². The van der Waals surface area contributed by atoms with Gasteiger partial charge in [-0.15, -0.1) is 0 Å². The predicted octanol–water partition coefficient (Wildman–Crippen LogP) is 1.04. The third kappa shape index (κ3) is 3.22. The van der Waals surface area contributed by atoms with Gasteiger partial charge in [0.05, 0.1) is 11.3 Å². The molecule has 106 valence electrons. The zero-order valence-electron chi connectivity index (χ0n) is 12.1. The Kier molecular flexibility index (Phi) is 5.27. The van der Waals surface area contributed by atoms with Gasteiger partial charge in [-0.3, -0.25) is 14.4 Å². The third-order valence-corrected chi connectivity index (χ3v) is 3.15. The van der Waals surface area contributed by atoms with E-state index in [0.717, 1.165) is 6.42 Å². The molecule has 0 spiro atoms. The van der Waals surface area contributed by atoms with Crippen LogP contribution in [0.15, 0.2) is 11.3 Å². The molecule has 0 aromatic heterocycles. The maximum absolute atomic E-state index is 12.4. The summed E-state index contributed by atoms with van der Waals surface area (Å²) in [4.78, 5) is 37.4. The lowest BCUT2D eigenvalue weighted by Gasteiger charge is -2.26. The van der Waals surface area contributed by atoms with Gasteiger partial charge in [-0.1, -0.05) is 6.92 Å². The summed E-state index contributed by atoms with van der Waals surface area (Å²) in [6.45, 7) is 8.82. The molecule has 0 unspecified atom stereocenters. The summed E-state index contributed by atoms with van der Waals surface area (Å²) in [6.07, 6.45) is 0.751. The molecular weight excluding hydrogens is 244 g/mol. The van der Waals surface area contributed by atoms with Crippen molar-refractivity contribution in [2.45, 2.75) is 46.6 Å². The highest BCUT2D eigenvalue weighted by atomic mass is 16.2. The maximum Gasteiger partial charge on any atom is 0.252 e. The fraction of sp³-hybridized carbons (Fsp3) is 0.643. The number of nitrogens with zero attached hydrogens (tertiary/aromatic N) is 1. The maximum atomic E-state index is 12.4. The molecule has 0 aromatic carbocycles. The van der Waals surface area contributed by atoms with E-state index in [4.69, 9.17) is 0 Å². The Morgan fingerprint density at radius 2 is 1.95 bits per heavy atom. The van der Waals surface area contributed by atoms with Crippen LogP contribution in [0.25, 0.3) is 0 Å². The number of nitrogens with one attached hydrogen (secondary N) is 1. The Bertz CT molecular complexity index is 424. The minimum atomic E-state index is -0.559. The van der Waals surface area contributed by atoms with Gasteiger partial charge < -0.3 is 10.2 Å². The monoisotopic (exact) mass is 266 g/mol.